The number of nitrogens with zero attached hydrogens (tertiary/aromatic N) is 1. The maximum absolute atomic E-state index is 12.7. The highest BCUT2D eigenvalue weighted by molar-refractivity contribution is 7.12. The standard InChI is InChI=1S/C21H24ClNO4S/c1-3-26-21(25)16-6-8-23(9-7-16)20(24)19-11-15(13-28-19)12-27-18-10-14(2)4-5-17(18)22/h4-5,10-11,13,16H,3,6-9,12H2,1-2H3. The smallest absolute Gasteiger partial charge is 0.309 e. The number of esters is 1. The van der Waals surface area contributed by atoms with Gasteiger partial charge in [0.1, 0.15) is 12.4 Å². The lowest BCUT2D eigenvalue weighted by atomic mass is 9.97. The molecule has 0 bridgehead atoms. The molecule has 1 fully saturated rings. The molecule has 3 rings (SSSR count). The number of thiophene rings is 1. The highest BCUT2D eigenvalue weighted by atomic mass is 35.5. The Hall–Kier alpha value is -2.05. The van der Waals surface area contributed by atoms with Crippen LogP contribution in [0.2, 0.25) is 5.02 Å². The minimum absolute atomic E-state index is 0.00662. The first-order valence-corrected chi connectivity index (χ1v) is 10.7. The molecule has 1 aromatic carbocycles. The molecule has 28 heavy (non-hydrogen) atoms. The van der Waals surface area contributed by atoms with Gasteiger partial charge in [-0.15, -0.1) is 11.3 Å². The summed E-state index contributed by atoms with van der Waals surface area (Å²) >= 11 is 7.57. The zero-order valence-electron chi connectivity index (χ0n) is 16.1. The monoisotopic (exact) mass is 421 g/mol. The molecule has 0 N–H and O–H groups in total. The highest BCUT2D eigenvalue weighted by Crippen LogP contribution is 2.27. The summed E-state index contributed by atoms with van der Waals surface area (Å²) in [5.41, 5.74) is 2.01. The van der Waals surface area contributed by atoms with Crippen LogP contribution in [0.3, 0.4) is 0 Å². The lowest BCUT2D eigenvalue weighted by Gasteiger charge is -2.30. The molecule has 0 saturated carbocycles. The molecule has 0 radical (unpaired) electrons. The Kier molecular flexibility index (Phi) is 6.97. The number of hydrogen-bond acceptors (Lipinski definition) is 5. The molecule has 1 aliphatic heterocycles. The minimum atomic E-state index is -0.153. The van der Waals surface area contributed by atoms with Crippen LogP contribution in [-0.2, 0) is 16.1 Å². The minimum Gasteiger partial charge on any atom is -0.487 e. The summed E-state index contributed by atoms with van der Waals surface area (Å²) < 4.78 is 10.9. The van der Waals surface area contributed by atoms with Crippen molar-refractivity contribution in [3.05, 3.63) is 50.7 Å². The number of ether oxygens (including phenoxy) is 2. The van der Waals surface area contributed by atoms with Crippen molar-refractivity contribution in [3.63, 3.8) is 0 Å². The molecule has 5 nitrogen and oxygen atoms in total. The number of piperidine rings is 1. The van der Waals surface area contributed by atoms with Gasteiger partial charge >= 0.3 is 5.97 Å². The van der Waals surface area contributed by atoms with Gasteiger partial charge in [-0.2, -0.15) is 0 Å². The van der Waals surface area contributed by atoms with Gasteiger partial charge in [-0.05, 0) is 55.8 Å². The van der Waals surface area contributed by atoms with Gasteiger partial charge < -0.3 is 14.4 Å². The Morgan fingerprint density at radius 2 is 2.00 bits per heavy atom. The van der Waals surface area contributed by atoms with Gasteiger partial charge in [-0.25, -0.2) is 0 Å². The molecule has 1 aromatic heterocycles. The van der Waals surface area contributed by atoms with Crippen molar-refractivity contribution in [2.45, 2.75) is 33.3 Å². The summed E-state index contributed by atoms with van der Waals surface area (Å²) in [6.45, 7) is 5.69. The molecular formula is C21H24ClNO4S. The first-order chi connectivity index (χ1) is 13.5. The zero-order chi connectivity index (χ0) is 20.1. The first kappa shape index (κ1) is 20.7. The molecule has 1 saturated heterocycles. The molecule has 0 spiro atoms. The van der Waals surface area contributed by atoms with Gasteiger partial charge in [-0.1, -0.05) is 17.7 Å². The van der Waals surface area contributed by atoms with Crippen LogP contribution in [0, 0.1) is 12.8 Å². The van der Waals surface area contributed by atoms with Crippen molar-refractivity contribution in [3.8, 4) is 5.75 Å². The van der Waals surface area contributed by atoms with Crippen LogP contribution in [0.1, 0.15) is 40.6 Å². The zero-order valence-corrected chi connectivity index (χ0v) is 17.6. The van der Waals surface area contributed by atoms with Gasteiger partial charge in [0.25, 0.3) is 5.91 Å². The summed E-state index contributed by atoms with van der Waals surface area (Å²) in [7, 11) is 0. The van der Waals surface area contributed by atoms with E-state index in [9.17, 15) is 9.59 Å². The Labute approximate surface area is 174 Å². The number of amides is 1. The van der Waals surface area contributed by atoms with E-state index >= 15 is 0 Å². The van der Waals surface area contributed by atoms with Crippen molar-refractivity contribution in [2.75, 3.05) is 19.7 Å². The lowest BCUT2D eigenvalue weighted by Crippen LogP contribution is -2.40. The number of benzene rings is 1. The third-order valence-corrected chi connectivity index (χ3v) is 6.03. The normalized spacial score (nSPS) is 14.8. The van der Waals surface area contributed by atoms with Gasteiger partial charge in [0, 0.05) is 18.7 Å². The maximum atomic E-state index is 12.7. The van der Waals surface area contributed by atoms with E-state index < -0.39 is 0 Å². The van der Waals surface area contributed by atoms with Crippen LogP contribution >= 0.6 is 22.9 Å². The Morgan fingerprint density at radius 1 is 1.25 bits per heavy atom. The third-order valence-electron chi connectivity index (χ3n) is 4.75. The average Bonchev–Trinajstić information content (AvgIpc) is 3.17. The fraction of sp³-hybridized carbons (Fsp3) is 0.429. The molecular weight excluding hydrogens is 398 g/mol. The Morgan fingerprint density at radius 3 is 2.71 bits per heavy atom. The van der Waals surface area contributed by atoms with Crippen molar-refractivity contribution in [1.82, 2.24) is 4.90 Å². The van der Waals surface area contributed by atoms with Crippen LogP contribution in [0.4, 0.5) is 0 Å². The second-order valence-corrected chi connectivity index (χ2v) is 8.18. The van der Waals surface area contributed by atoms with E-state index in [-0.39, 0.29) is 17.8 Å². The van der Waals surface area contributed by atoms with Gasteiger partial charge in [0.15, 0.2) is 0 Å². The largest absolute Gasteiger partial charge is 0.487 e. The molecule has 1 aliphatic rings. The van der Waals surface area contributed by atoms with Gasteiger partial charge in [-0.3, -0.25) is 9.59 Å². The Bertz CT molecular complexity index is 843. The maximum Gasteiger partial charge on any atom is 0.309 e. The fourth-order valence-electron chi connectivity index (χ4n) is 3.18. The van der Waals surface area contributed by atoms with Crippen molar-refractivity contribution >= 4 is 34.8 Å². The number of hydrogen-bond donors (Lipinski definition) is 0. The second kappa shape index (κ2) is 9.43. The Balaban J connectivity index is 1.54. The molecule has 0 aliphatic carbocycles. The van der Waals surface area contributed by atoms with Crippen molar-refractivity contribution in [1.29, 1.82) is 0 Å². The third kappa shape index (κ3) is 5.06. The van der Waals surface area contributed by atoms with E-state index in [1.165, 1.54) is 11.3 Å². The van der Waals surface area contributed by atoms with Crippen LogP contribution in [0.5, 0.6) is 5.75 Å². The molecule has 2 heterocycles. The predicted molar refractivity (Wildman–Crippen MR) is 110 cm³/mol. The fourth-order valence-corrected chi connectivity index (χ4v) is 4.22. The second-order valence-electron chi connectivity index (χ2n) is 6.86. The molecule has 0 unspecified atom stereocenters. The summed E-state index contributed by atoms with van der Waals surface area (Å²) in [5, 5.41) is 2.50. The highest BCUT2D eigenvalue weighted by Gasteiger charge is 2.29. The average molecular weight is 422 g/mol. The van der Waals surface area contributed by atoms with E-state index in [4.69, 9.17) is 21.1 Å². The van der Waals surface area contributed by atoms with E-state index in [2.05, 4.69) is 0 Å². The number of carbonyl (C=O) groups is 2. The summed E-state index contributed by atoms with van der Waals surface area (Å²) in [6, 6.07) is 7.51. The van der Waals surface area contributed by atoms with E-state index in [0.29, 0.717) is 54.8 Å². The quantitative estimate of drug-likeness (QED) is 0.634. The van der Waals surface area contributed by atoms with Crippen LogP contribution in [0.25, 0.3) is 0 Å². The lowest BCUT2D eigenvalue weighted by molar-refractivity contribution is -0.149. The van der Waals surface area contributed by atoms with E-state index in [1.54, 1.807) is 0 Å². The van der Waals surface area contributed by atoms with Crippen molar-refractivity contribution < 1.29 is 19.1 Å². The molecule has 150 valence electrons. The number of rotatable bonds is 6. The topological polar surface area (TPSA) is 55.8 Å². The number of halogens is 1. The first-order valence-electron chi connectivity index (χ1n) is 9.40. The van der Waals surface area contributed by atoms with Crippen LogP contribution < -0.4 is 4.74 Å². The summed E-state index contributed by atoms with van der Waals surface area (Å²) in [6.07, 6.45) is 1.30. The molecule has 1 amide bonds. The number of carbonyl (C=O) groups excluding carboxylic acids is 2. The predicted octanol–water partition coefficient (Wildman–Crippen LogP) is 4.70. The SMILES string of the molecule is CCOC(=O)C1CCN(C(=O)c2cc(COc3cc(C)ccc3Cl)cs2)CC1. The summed E-state index contributed by atoms with van der Waals surface area (Å²) in [4.78, 5) is 27.1. The van der Waals surface area contributed by atoms with E-state index in [0.717, 1.165) is 11.1 Å². The van der Waals surface area contributed by atoms with Crippen molar-refractivity contribution in [2.24, 2.45) is 5.92 Å². The molecule has 0 atom stereocenters. The summed E-state index contributed by atoms with van der Waals surface area (Å²) in [5.74, 6) is 0.393. The van der Waals surface area contributed by atoms with E-state index in [1.807, 2.05) is 48.4 Å². The van der Waals surface area contributed by atoms with Gasteiger partial charge in [0.2, 0.25) is 0 Å². The van der Waals surface area contributed by atoms with Gasteiger partial charge in [0.05, 0.1) is 22.4 Å². The number of aryl methyl sites for hydroxylation is 1. The van der Waals surface area contributed by atoms with Crippen LogP contribution in [0.15, 0.2) is 29.6 Å². The molecule has 2 aromatic rings. The molecule has 7 heteroatoms. The van der Waals surface area contributed by atoms with Crippen LogP contribution in [-0.4, -0.2) is 36.5 Å². The number of likely N-dealkylation sites (tertiary alicyclic amines) is 1.